The van der Waals surface area contributed by atoms with Gasteiger partial charge in [-0.15, -0.1) is 4.52 Å². The Morgan fingerprint density at radius 1 is 1.00 bits per heavy atom. The number of rotatable bonds is 3. The lowest BCUT2D eigenvalue weighted by Crippen LogP contribution is -2.52. The van der Waals surface area contributed by atoms with Crippen LogP contribution in [0.5, 0.6) is 0 Å². The van der Waals surface area contributed by atoms with E-state index in [1.807, 2.05) is 0 Å². The third-order valence-electron chi connectivity index (χ3n) is 7.83. The monoisotopic (exact) mass is 440 g/mol. The number of ether oxygens (including phenoxy) is 1. The Morgan fingerprint density at radius 2 is 1.74 bits per heavy atom. The molecule has 0 amide bonds. The van der Waals surface area contributed by atoms with Crippen molar-refractivity contribution in [2.75, 3.05) is 5.32 Å². The Hall–Kier alpha value is -1.48. The van der Waals surface area contributed by atoms with Crippen LogP contribution in [0, 0.1) is 17.3 Å². The van der Waals surface area contributed by atoms with Crippen LogP contribution in [0.3, 0.4) is 0 Å². The molecule has 5 rings (SSSR count). The van der Waals surface area contributed by atoms with Gasteiger partial charge < -0.3 is 10.1 Å². The van der Waals surface area contributed by atoms with E-state index in [2.05, 4.69) is 82.4 Å². The van der Waals surface area contributed by atoms with Crippen LogP contribution in [0.2, 0.25) is 0 Å². The highest BCUT2D eigenvalue weighted by molar-refractivity contribution is 7.41. The first-order chi connectivity index (χ1) is 14.6. The topological polar surface area (TPSA) is 47.6 Å². The van der Waals surface area contributed by atoms with E-state index in [4.69, 9.17) is 9.26 Å². The first kappa shape index (κ1) is 21.4. The van der Waals surface area contributed by atoms with Crippen LogP contribution in [-0.2, 0) is 13.8 Å². The van der Waals surface area contributed by atoms with Crippen molar-refractivity contribution in [2.45, 2.75) is 83.4 Å². The third-order valence-corrected chi connectivity index (χ3v) is 9.47. The van der Waals surface area contributed by atoms with Gasteiger partial charge in [-0.25, -0.2) is 0 Å². The molecule has 2 saturated heterocycles. The highest BCUT2D eigenvalue weighted by atomic mass is 31.1. The fourth-order valence-corrected chi connectivity index (χ4v) is 7.80. The normalized spacial score (nSPS) is 37.6. The van der Waals surface area contributed by atoms with Crippen LogP contribution in [0.4, 0.5) is 5.69 Å². The molecule has 2 aliphatic heterocycles. The first-order valence-corrected chi connectivity index (χ1v) is 12.8. The van der Waals surface area contributed by atoms with Crippen molar-refractivity contribution in [3.63, 3.8) is 0 Å². The second kappa shape index (κ2) is 7.27. The molecule has 2 aromatic rings. The molecule has 4 nitrogen and oxygen atoms in total. The molecule has 6 atom stereocenters. The lowest BCUT2D eigenvalue weighted by atomic mass is 9.82. The summed E-state index contributed by atoms with van der Waals surface area (Å²) in [5.74, 6) is 0.628. The SMILES string of the molecule is CC1(C)CC2C(C3CCC(C)(C)O3)O[P+](=O)C(C)(Nc3ccc4ccccc4c3)C2C1. The van der Waals surface area contributed by atoms with Gasteiger partial charge in [0.15, 0.2) is 0 Å². The highest BCUT2D eigenvalue weighted by Crippen LogP contribution is 2.64. The van der Waals surface area contributed by atoms with Crippen molar-refractivity contribution >= 4 is 24.5 Å². The van der Waals surface area contributed by atoms with E-state index < -0.39 is 13.3 Å². The summed E-state index contributed by atoms with van der Waals surface area (Å²) in [6.45, 7) is 11.1. The van der Waals surface area contributed by atoms with Gasteiger partial charge in [-0.05, 0) is 72.4 Å². The van der Waals surface area contributed by atoms with Gasteiger partial charge in [0.1, 0.15) is 6.10 Å². The molecular weight excluding hydrogens is 405 g/mol. The zero-order chi connectivity index (χ0) is 22.0. The van der Waals surface area contributed by atoms with Crippen molar-refractivity contribution in [1.29, 1.82) is 0 Å². The maximum absolute atomic E-state index is 13.7. The van der Waals surface area contributed by atoms with Crippen LogP contribution in [0.25, 0.3) is 10.8 Å². The Morgan fingerprint density at radius 3 is 2.45 bits per heavy atom. The third kappa shape index (κ3) is 3.81. The molecule has 0 bridgehead atoms. The van der Waals surface area contributed by atoms with E-state index >= 15 is 0 Å². The van der Waals surface area contributed by atoms with Crippen LogP contribution >= 0.6 is 8.03 Å². The fourth-order valence-electron chi connectivity index (χ4n) is 6.29. The van der Waals surface area contributed by atoms with Gasteiger partial charge in [0.2, 0.25) is 0 Å². The van der Waals surface area contributed by atoms with E-state index in [9.17, 15) is 4.57 Å². The zero-order valence-electron chi connectivity index (χ0n) is 19.4. The molecule has 3 aliphatic rings. The van der Waals surface area contributed by atoms with E-state index in [0.717, 1.165) is 31.4 Å². The molecular formula is C26H35NO3P+. The van der Waals surface area contributed by atoms with Crippen molar-refractivity contribution in [2.24, 2.45) is 17.3 Å². The molecule has 0 spiro atoms. The Bertz CT molecular complexity index is 1020. The van der Waals surface area contributed by atoms with Crippen molar-refractivity contribution in [3.05, 3.63) is 42.5 Å². The van der Waals surface area contributed by atoms with Gasteiger partial charge in [-0.1, -0.05) is 44.2 Å². The van der Waals surface area contributed by atoms with Gasteiger partial charge in [-0.3, -0.25) is 0 Å². The molecule has 31 heavy (non-hydrogen) atoms. The van der Waals surface area contributed by atoms with Crippen LogP contribution in [0.15, 0.2) is 42.5 Å². The average molecular weight is 441 g/mol. The quantitative estimate of drug-likeness (QED) is 0.516. The molecule has 2 heterocycles. The van der Waals surface area contributed by atoms with E-state index in [-0.39, 0.29) is 29.1 Å². The summed E-state index contributed by atoms with van der Waals surface area (Å²) in [6.07, 6.45) is 4.11. The van der Waals surface area contributed by atoms with Crippen LogP contribution < -0.4 is 5.32 Å². The highest BCUT2D eigenvalue weighted by Gasteiger charge is 2.68. The standard InChI is InChI=1S/C26H35NO3P/c1-24(2)15-20-21(16-24)26(5,27-19-11-10-17-8-6-7-9-18(17)14-19)31(28)30-23(20)22-12-13-25(3,4)29-22/h6-11,14,20-23,27H,12-13,15-16H2,1-5H3/q+1. The number of benzene rings is 2. The molecule has 2 aromatic carbocycles. The van der Waals surface area contributed by atoms with E-state index in [0.29, 0.717) is 5.92 Å². The number of hydrogen-bond donors (Lipinski definition) is 1. The molecule has 6 unspecified atom stereocenters. The minimum Gasteiger partial charge on any atom is -0.369 e. The molecule has 5 heteroatoms. The summed E-state index contributed by atoms with van der Waals surface area (Å²) in [4.78, 5) is 0. The zero-order valence-corrected chi connectivity index (χ0v) is 20.2. The van der Waals surface area contributed by atoms with Gasteiger partial charge in [0.05, 0.1) is 11.7 Å². The summed E-state index contributed by atoms with van der Waals surface area (Å²) in [7, 11) is -1.90. The number of hydrogen-bond acceptors (Lipinski definition) is 4. The predicted octanol–water partition coefficient (Wildman–Crippen LogP) is 7.12. The average Bonchev–Trinajstić information content (AvgIpc) is 3.23. The van der Waals surface area contributed by atoms with Crippen molar-refractivity contribution in [3.8, 4) is 0 Å². The summed E-state index contributed by atoms with van der Waals surface area (Å²) < 4.78 is 26.4. The van der Waals surface area contributed by atoms with Gasteiger partial charge >= 0.3 is 8.03 Å². The lowest BCUT2D eigenvalue weighted by molar-refractivity contribution is -0.0912. The molecule has 1 saturated carbocycles. The fraction of sp³-hybridized carbons (Fsp3) is 0.615. The maximum Gasteiger partial charge on any atom is 0.536 e. The van der Waals surface area contributed by atoms with Crippen molar-refractivity contribution < 1.29 is 13.8 Å². The second-order valence-corrected chi connectivity index (χ2v) is 13.1. The summed E-state index contributed by atoms with van der Waals surface area (Å²) in [5, 5.41) is 5.49. The Kier molecular flexibility index (Phi) is 5.01. The summed E-state index contributed by atoms with van der Waals surface area (Å²) >= 11 is 0. The molecule has 0 radical (unpaired) electrons. The lowest BCUT2D eigenvalue weighted by Gasteiger charge is -2.40. The second-order valence-electron chi connectivity index (χ2n) is 11.5. The van der Waals surface area contributed by atoms with Crippen LogP contribution in [-0.4, -0.2) is 23.1 Å². The number of anilines is 1. The predicted molar refractivity (Wildman–Crippen MR) is 127 cm³/mol. The Labute approximate surface area is 187 Å². The van der Waals surface area contributed by atoms with E-state index in [1.165, 1.54) is 10.8 Å². The Balaban J connectivity index is 1.46. The van der Waals surface area contributed by atoms with Gasteiger partial charge in [0.25, 0.3) is 5.28 Å². The molecule has 166 valence electrons. The largest absolute Gasteiger partial charge is 0.536 e. The number of fused-ring (bicyclic) bond motifs is 2. The van der Waals surface area contributed by atoms with Gasteiger partial charge in [0, 0.05) is 24.4 Å². The molecule has 1 aliphatic carbocycles. The molecule has 3 fully saturated rings. The molecule has 0 aromatic heterocycles. The van der Waals surface area contributed by atoms with E-state index in [1.54, 1.807) is 0 Å². The minimum atomic E-state index is -1.90. The van der Waals surface area contributed by atoms with Crippen LogP contribution in [0.1, 0.15) is 60.3 Å². The smallest absolute Gasteiger partial charge is 0.369 e. The van der Waals surface area contributed by atoms with Gasteiger partial charge in [-0.2, -0.15) is 0 Å². The van der Waals surface area contributed by atoms with Crippen molar-refractivity contribution in [1.82, 2.24) is 0 Å². The molecule has 1 N–H and O–H groups in total. The summed E-state index contributed by atoms with van der Waals surface area (Å²) in [5.41, 5.74) is 1.10. The summed E-state index contributed by atoms with van der Waals surface area (Å²) in [6, 6.07) is 14.7. The minimum absolute atomic E-state index is 0.0422. The first-order valence-electron chi connectivity index (χ1n) is 11.7. The number of nitrogens with one attached hydrogen (secondary N) is 1. The maximum atomic E-state index is 13.7.